The standard InChI is InChI=1S/C15H20N2O/c1-11-9-13(15(2,3)4)6-5-12(11)7-8-17-14(18)10-16/h5-6,9H,7-8H2,1-4H3,(H,17,18). The van der Waals surface area contributed by atoms with E-state index in [1.165, 1.54) is 16.7 Å². The van der Waals surface area contributed by atoms with E-state index in [9.17, 15) is 4.79 Å². The van der Waals surface area contributed by atoms with Crippen LogP contribution in [0.2, 0.25) is 0 Å². The van der Waals surface area contributed by atoms with Crippen LogP contribution in [0.15, 0.2) is 18.2 Å². The smallest absolute Gasteiger partial charge is 0.322 e. The van der Waals surface area contributed by atoms with E-state index in [0.29, 0.717) is 6.54 Å². The van der Waals surface area contributed by atoms with Crippen LogP contribution in [0.3, 0.4) is 0 Å². The van der Waals surface area contributed by atoms with Crippen molar-refractivity contribution in [2.24, 2.45) is 0 Å². The largest absolute Gasteiger partial charge is 0.343 e. The Morgan fingerprint density at radius 1 is 1.39 bits per heavy atom. The van der Waals surface area contributed by atoms with Gasteiger partial charge in [0.15, 0.2) is 6.07 Å². The van der Waals surface area contributed by atoms with Crippen molar-refractivity contribution in [3.8, 4) is 6.07 Å². The number of hydrogen-bond acceptors (Lipinski definition) is 2. The van der Waals surface area contributed by atoms with E-state index in [1.54, 1.807) is 6.07 Å². The first-order valence-electron chi connectivity index (χ1n) is 6.12. The second-order valence-electron chi connectivity index (χ2n) is 5.51. The van der Waals surface area contributed by atoms with Crippen LogP contribution in [-0.2, 0) is 16.6 Å². The van der Waals surface area contributed by atoms with Crippen LogP contribution in [-0.4, -0.2) is 12.5 Å². The molecular weight excluding hydrogens is 224 g/mol. The lowest BCUT2D eigenvalue weighted by molar-refractivity contribution is -0.115. The van der Waals surface area contributed by atoms with Gasteiger partial charge in [-0.1, -0.05) is 39.0 Å². The topological polar surface area (TPSA) is 52.9 Å². The van der Waals surface area contributed by atoms with Crippen LogP contribution in [0.5, 0.6) is 0 Å². The summed E-state index contributed by atoms with van der Waals surface area (Å²) in [6, 6.07) is 7.98. The molecule has 1 aromatic rings. The molecule has 0 aliphatic rings. The summed E-state index contributed by atoms with van der Waals surface area (Å²) in [4.78, 5) is 10.8. The summed E-state index contributed by atoms with van der Waals surface area (Å²) in [6.45, 7) is 9.15. The summed E-state index contributed by atoms with van der Waals surface area (Å²) in [6.07, 6.45) is 0.754. The summed E-state index contributed by atoms with van der Waals surface area (Å²) in [7, 11) is 0. The van der Waals surface area contributed by atoms with Crippen molar-refractivity contribution in [2.75, 3.05) is 6.54 Å². The third-order valence-electron chi connectivity index (χ3n) is 2.99. The molecule has 1 rings (SSSR count). The Morgan fingerprint density at radius 3 is 2.56 bits per heavy atom. The van der Waals surface area contributed by atoms with Gasteiger partial charge in [0.25, 0.3) is 0 Å². The summed E-state index contributed by atoms with van der Waals surface area (Å²) in [5.74, 6) is -0.570. The molecule has 0 atom stereocenters. The highest BCUT2D eigenvalue weighted by Crippen LogP contribution is 2.24. The van der Waals surface area contributed by atoms with Crippen LogP contribution in [0.1, 0.15) is 37.5 Å². The number of nitrogens with zero attached hydrogens (tertiary/aromatic N) is 1. The highest BCUT2D eigenvalue weighted by atomic mass is 16.1. The number of nitrogens with one attached hydrogen (secondary N) is 1. The molecule has 0 aliphatic heterocycles. The van der Waals surface area contributed by atoms with Crippen LogP contribution < -0.4 is 5.32 Å². The molecule has 0 bridgehead atoms. The maximum atomic E-state index is 10.8. The minimum atomic E-state index is -0.570. The molecule has 18 heavy (non-hydrogen) atoms. The van der Waals surface area contributed by atoms with E-state index in [4.69, 9.17) is 5.26 Å². The summed E-state index contributed by atoms with van der Waals surface area (Å²) >= 11 is 0. The number of aryl methyl sites for hydroxylation is 1. The van der Waals surface area contributed by atoms with Crippen LogP contribution >= 0.6 is 0 Å². The van der Waals surface area contributed by atoms with Gasteiger partial charge >= 0.3 is 5.91 Å². The molecular formula is C15H20N2O. The predicted molar refractivity (Wildman–Crippen MR) is 72.2 cm³/mol. The Hall–Kier alpha value is -1.82. The van der Waals surface area contributed by atoms with E-state index in [0.717, 1.165) is 6.42 Å². The van der Waals surface area contributed by atoms with E-state index < -0.39 is 5.91 Å². The fraction of sp³-hybridized carbons (Fsp3) is 0.467. The van der Waals surface area contributed by atoms with Gasteiger partial charge in [0.1, 0.15) is 0 Å². The maximum absolute atomic E-state index is 10.8. The monoisotopic (exact) mass is 244 g/mol. The van der Waals surface area contributed by atoms with Gasteiger partial charge in [-0.3, -0.25) is 4.79 Å². The zero-order valence-corrected chi connectivity index (χ0v) is 11.5. The van der Waals surface area contributed by atoms with Crippen molar-refractivity contribution < 1.29 is 4.79 Å². The lowest BCUT2D eigenvalue weighted by Gasteiger charge is -2.20. The number of carbonyl (C=O) groups is 1. The Balaban J connectivity index is 2.70. The minimum absolute atomic E-state index is 0.151. The number of benzene rings is 1. The Bertz CT molecular complexity index is 478. The molecule has 0 fully saturated rings. The van der Waals surface area contributed by atoms with Crippen molar-refractivity contribution in [2.45, 2.75) is 39.5 Å². The molecule has 0 heterocycles. The maximum Gasteiger partial charge on any atom is 0.322 e. The van der Waals surface area contributed by atoms with E-state index in [-0.39, 0.29) is 5.41 Å². The van der Waals surface area contributed by atoms with E-state index >= 15 is 0 Å². The highest BCUT2D eigenvalue weighted by Gasteiger charge is 2.14. The fourth-order valence-electron chi connectivity index (χ4n) is 1.79. The summed E-state index contributed by atoms with van der Waals surface area (Å²) < 4.78 is 0. The van der Waals surface area contributed by atoms with Gasteiger partial charge in [-0.2, -0.15) is 5.26 Å². The van der Waals surface area contributed by atoms with Crippen molar-refractivity contribution >= 4 is 5.91 Å². The molecule has 1 N–H and O–H groups in total. The first kappa shape index (κ1) is 14.2. The van der Waals surface area contributed by atoms with E-state index in [2.05, 4.69) is 51.2 Å². The molecule has 0 radical (unpaired) electrons. The lowest BCUT2D eigenvalue weighted by Crippen LogP contribution is -2.24. The summed E-state index contributed by atoms with van der Waals surface area (Å²) in [5, 5.41) is 10.9. The Morgan fingerprint density at radius 2 is 2.06 bits per heavy atom. The third kappa shape index (κ3) is 3.89. The first-order chi connectivity index (χ1) is 8.34. The molecule has 96 valence electrons. The minimum Gasteiger partial charge on any atom is -0.343 e. The van der Waals surface area contributed by atoms with Crippen molar-refractivity contribution in [3.63, 3.8) is 0 Å². The van der Waals surface area contributed by atoms with Gasteiger partial charge in [0.05, 0.1) is 0 Å². The van der Waals surface area contributed by atoms with Crippen molar-refractivity contribution in [1.82, 2.24) is 5.32 Å². The molecule has 3 heteroatoms. The predicted octanol–water partition coefficient (Wildman–Crippen LogP) is 2.47. The quantitative estimate of drug-likeness (QED) is 0.830. The molecule has 0 saturated carbocycles. The highest BCUT2D eigenvalue weighted by molar-refractivity contribution is 5.91. The van der Waals surface area contributed by atoms with Gasteiger partial charge in [0.2, 0.25) is 0 Å². The van der Waals surface area contributed by atoms with Gasteiger partial charge in [-0.15, -0.1) is 0 Å². The van der Waals surface area contributed by atoms with Crippen LogP contribution in [0.4, 0.5) is 0 Å². The SMILES string of the molecule is Cc1cc(C(C)(C)C)ccc1CCNC(=O)C#N. The first-order valence-corrected chi connectivity index (χ1v) is 6.12. The number of nitriles is 1. The fourth-order valence-corrected chi connectivity index (χ4v) is 1.79. The molecule has 3 nitrogen and oxygen atoms in total. The van der Waals surface area contributed by atoms with Gasteiger partial charge in [-0.25, -0.2) is 0 Å². The number of amides is 1. The van der Waals surface area contributed by atoms with Crippen LogP contribution in [0.25, 0.3) is 0 Å². The van der Waals surface area contributed by atoms with Gasteiger partial charge in [0, 0.05) is 6.54 Å². The number of hydrogen-bond donors (Lipinski definition) is 1. The zero-order chi connectivity index (χ0) is 13.8. The molecule has 1 amide bonds. The Labute approximate surface area is 109 Å². The number of rotatable bonds is 3. The average molecular weight is 244 g/mol. The van der Waals surface area contributed by atoms with Gasteiger partial charge < -0.3 is 5.32 Å². The lowest BCUT2D eigenvalue weighted by atomic mass is 9.85. The van der Waals surface area contributed by atoms with Crippen molar-refractivity contribution in [1.29, 1.82) is 5.26 Å². The molecule has 1 aromatic carbocycles. The molecule has 0 aromatic heterocycles. The molecule has 0 saturated heterocycles. The normalized spacial score (nSPS) is 10.8. The third-order valence-corrected chi connectivity index (χ3v) is 2.99. The summed E-state index contributed by atoms with van der Waals surface area (Å²) in [5.41, 5.74) is 3.90. The molecule has 0 aliphatic carbocycles. The molecule has 0 spiro atoms. The molecule has 0 unspecified atom stereocenters. The Kier molecular flexibility index (Phi) is 4.49. The van der Waals surface area contributed by atoms with Crippen LogP contribution in [0, 0.1) is 18.3 Å². The number of carbonyl (C=O) groups excluding carboxylic acids is 1. The van der Waals surface area contributed by atoms with Crippen molar-refractivity contribution in [3.05, 3.63) is 34.9 Å². The van der Waals surface area contributed by atoms with Gasteiger partial charge in [-0.05, 0) is 35.4 Å². The average Bonchev–Trinajstić information content (AvgIpc) is 2.29. The van der Waals surface area contributed by atoms with E-state index in [1.807, 2.05) is 0 Å². The second-order valence-corrected chi connectivity index (χ2v) is 5.51. The second kappa shape index (κ2) is 5.68. The zero-order valence-electron chi connectivity index (χ0n) is 11.5.